The summed E-state index contributed by atoms with van der Waals surface area (Å²) < 4.78 is 5.27. The monoisotopic (exact) mass is 258 g/mol. The van der Waals surface area contributed by atoms with Gasteiger partial charge < -0.3 is 10.1 Å². The van der Waals surface area contributed by atoms with Crippen LogP contribution in [0.25, 0.3) is 0 Å². The molecule has 1 aromatic rings. The molecule has 1 aliphatic heterocycles. The summed E-state index contributed by atoms with van der Waals surface area (Å²) in [5.41, 5.74) is 2.55. The highest BCUT2D eigenvalue weighted by Gasteiger charge is 2.18. The number of aryl methyl sites for hydroxylation is 1. The van der Waals surface area contributed by atoms with Gasteiger partial charge in [0.25, 0.3) is 5.91 Å². The van der Waals surface area contributed by atoms with E-state index in [4.69, 9.17) is 10.00 Å². The Hall–Kier alpha value is -1.86. The molecule has 100 valence electrons. The summed E-state index contributed by atoms with van der Waals surface area (Å²) in [4.78, 5) is 12.2. The fourth-order valence-electron chi connectivity index (χ4n) is 2.29. The van der Waals surface area contributed by atoms with Crippen LogP contribution in [0.2, 0.25) is 0 Å². The minimum Gasteiger partial charge on any atom is -0.381 e. The molecule has 1 heterocycles. The maximum atomic E-state index is 12.2. The second-order valence-corrected chi connectivity index (χ2v) is 4.84. The molecule has 0 aromatic heterocycles. The van der Waals surface area contributed by atoms with E-state index < -0.39 is 0 Å². The van der Waals surface area contributed by atoms with Gasteiger partial charge in [0.15, 0.2) is 0 Å². The molecule has 1 amide bonds. The van der Waals surface area contributed by atoms with E-state index in [0.29, 0.717) is 25.2 Å². The third kappa shape index (κ3) is 3.55. The first-order valence-corrected chi connectivity index (χ1v) is 6.56. The van der Waals surface area contributed by atoms with Crippen LogP contribution in [0, 0.1) is 18.3 Å². The van der Waals surface area contributed by atoms with Crippen LogP contribution < -0.4 is 5.32 Å². The van der Waals surface area contributed by atoms with Gasteiger partial charge in [0.2, 0.25) is 0 Å². The number of carbonyl (C=O) groups is 1. The van der Waals surface area contributed by atoms with Gasteiger partial charge in [0.05, 0.1) is 12.5 Å². The second kappa shape index (κ2) is 6.35. The van der Waals surface area contributed by atoms with Crippen LogP contribution >= 0.6 is 0 Å². The Balaban J connectivity index is 2.04. The van der Waals surface area contributed by atoms with Crippen LogP contribution in [0.1, 0.15) is 34.3 Å². The number of nitriles is 1. The molecule has 4 nitrogen and oxygen atoms in total. The number of amides is 1. The zero-order valence-electron chi connectivity index (χ0n) is 11.1. The summed E-state index contributed by atoms with van der Waals surface area (Å²) in [7, 11) is 0. The highest BCUT2D eigenvalue weighted by molar-refractivity contribution is 5.95. The summed E-state index contributed by atoms with van der Waals surface area (Å²) >= 11 is 0. The molecule has 2 rings (SSSR count). The van der Waals surface area contributed by atoms with Gasteiger partial charge in [-0.3, -0.25) is 4.79 Å². The predicted octanol–water partition coefficient (Wildman–Crippen LogP) is 1.97. The van der Waals surface area contributed by atoms with E-state index in [1.165, 1.54) is 0 Å². The molecule has 1 aliphatic rings. The summed E-state index contributed by atoms with van der Waals surface area (Å²) in [5, 5.41) is 11.7. The van der Waals surface area contributed by atoms with Crippen LogP contribution in [0.3, 0.4) is 0 Å². The van der Waals surface area contributed by atoms with Crippen molar-refractivity contribution in [3.8, 4) is 6.07 Å². The number of carbonyl (C=O) groups excluding carboxylic acids is 1. The van der Waals surface area contributed by atoms with E-state index in [1.54, 1.807) is 6.07 Å². The average Bonchev–Trinajstić information content (AvgIpc) is 2.40. The lowest BCUT2D eigenvalue weighted by atomic mass is 10.0. The quantitative estimate of drug-likeness (QED) is 0.901. The highest BCUT2D eigenvalue weighted by Crippen LogP contribution is 2.13. The number of hydrogen-bond donors (Lipinski definition) is 1. The predicted molar refractivity (Wildman–Crippen MR) is 71.8 cm³/mol. The van der Waals surface area contributed by atoms with Crippen LogP contribution in [-0.4, -0.2) is 25.2 Å². The van der Waals surface area contributed by atoms with Gasteiger partial charge in [0, 0.05) is 24.8 Å². The molecule has 4 heteroatoms. The van der Waals surface area contributed by atoms with Crippen molar-refractivity contribution in [3.05, 3.63) is 34.9 Å². The lowest BCUT2D eigenvalue weighted by molar-refractivity contribution is 0.0696. The molecule has 1 aromatic carbocycles. The Kier molecular flexibility index (Phi) is 4.53. The molecule has 0 unspecified atom stereocenters. The van der Waals surface area contributed by atoms with Crippen molar-refractivity contribution < 1.29 is 9.53 Å². The number of benzene rings is 1. The third-order valence-corrected chi connectivity index (χ3v) is 3.38. The summed E-state index contributed by atoms with van der Waals surface area (Å²) in [6.07, 6.45) is 2.12. The molecule has 0 spiro atoms. The van der Waals surface area contributed by atoms with Crippen LogP contribution in [-0.2, 0) is 11.2 Å². The maximum absolute atomic E-state index is 12.2. The normalized spacial score (nSPS) is 15.8. The minimum absolute atomic E-state index is 0.0343. The Morgan fingerprint density at radius 2 is 2.21 bits per heavy atom. The van der Waals surface area contributed by atoms with Crippen molar-refractivity contribution in [1.29, 1.82) is 5.26 Å². The number of nitrogens with one attached hydrogen (secondary N) is 1. The van der Waals surface area contributed by atoms with E-state index in [2.05, 4.69) is 11.4 Å². The van der Waals surface area contributed by atoms with Crippen LogP contribution in [0.4, 0.5) is 0 Å². The number of hydrogen-bond acceptors (Lipinski definition) is 3. The molecular weight excluding hydrogens is 240 g/mol. The van der Waals surface area contributed by atoms with Crippen LogP contribution in [0.5, 0.6) is 0 Å². The Morgan fingerprint density at radius 3 is 2.84 bits per heavy atom. The first-order valence-electron chi connectivity index (χ1n) is 6.56. The van der Waals surface area contributed by atoms with Gasteiger partial charge in [-0.15, -0.1) is 0 Å². The number of rotatable bonds is 3. The summed E-state index contributed by atoms with van der Waals surface area (Å²) in [6, 6.07) is 7.87. The van der Waals surface area contributed by atoms with E-state index in [-0.39, 0.29) is 11.9 Å². The van der Waals surface area contributed by atoms with Gasteiger partial charge >= 0.3 is 0 Å². The van der Waals surface area contributed by atoms with E-state index in [9.17, 15) is 4.79 Å². The molecule has 0 atom stereocenters. The van der Waals surface area contributed by atoms with Crippen molar-refractivity contribution >= 4 is 5.91 Å². The molecule has 1 fully saturated rings. The first kappa shape index (κ1) is 13.6. The maximum Gasteiger partial charge on any atom is 0.251 e. The van der Waals surface area contributed by atoms with E-state index in [1.807, 2.05) is 19.1 Å². The van der Waals surface area contributed by atoms with Gasteiger partial charge in [-0.2, -0.15) is 5.26 Å². The molecule has 0 aliphatic carbocycles. The van der Waals surface area contributed by atoms with Gasteiger partial charge in [0.1, 0.15) is 0 Å². The van der Waals surface area contributed by atoms with Gasteiger partial charge in [-0.25, -0.2) is 0 Å². The Morgan fingerprint density at radius 1 is 1.47 bits per heavy atom. The van der Waals surface area contributed by atoms with E-state index >= 15 is 0 Å². The number of ether oxygens (including phenoxy) is 1. The Bertz CT molecular complexity index is 499. The topological polar surface area (TPSA) is 62.1 Å². The molecule has 1 saturated heterocycles. The smallest absolute Gasteiger partial charge is 0.251 e. The molecule has 0 saturated carbocycles. The van der Waals surface area contributed by atoms with Crippen LogP contribution in [0.15, 0.2) is 18.2 Å². The highest BCUT2D eigenvalue weighted by atomic mass is 16.5. The summed E-state index contributed by atoms with van der Waals surface area (Å²) in [5.74, 6) is -0.0343. The fraction of sp³-hybridized carbons (Fsp3) is 0.467. The molecular formula is C15H18N2O2. The lowest BCUT2D eigenvalue weighted by Crippen LogP contribution is -2.39. The molecule has 0 radical (unpaired) electrons. The third-order valence-electron chi connectivity index (χ3n) is 3.38. The van der Waals surface area contributed by atoms with Crippen molar-refractivity contribution in [2.45, 2.75) is 32.2 Å². The second-order valence-electron chi connectivity index (χ2n) is 4.84. The van der Waals surface area contributed by atoms with Crippen molar-refractivity contribution in [1.82, 2.24) is 5.32 Å². The minimum atomic E-state index is -0.0343. The summed E-state index contributed by atoms with van der Waals surface area (Å²) in [6.45, 7) is 3.33. The fourth-order valence-corrected chi connectivity index (χ4v) is 2.29. The molecule has 0 bridgehead atoms. The standard InChI is InChI=1S/C15H18N2O2/c1-11-10-12(4-7-16)2-3-14(11)15(18)17-13-5-8-19-9-6-13/h2-3,10,13H,4-6,8-9H2,1H3,(H,17,18). The molecule has 1 N–H and O–H groups in total. The average molecular weight is 258 g/mol. The number of nitrogens with zero attached hydrogens (tertiary/aromatic N) is 1. The zero-order valence-corrected chi connectivity index (χ0v) is 11.1. The molecule has 19 heavy (non-hydrogen) atoms. The lowest BCUT2D eigenvalue weighted by Gasteiger charge is -2.23. The van der Waals surface area contributed by atoms with Crippen molar-refractivity contribution in [2.24, 2.45) is 0 Å². The van der Waals surface area contributed by atoms with Gasteiger partial charge in [-0.1, -0.05) is 12.1 Å². The van der Waals surface area contributed by atoms with Gasteiger partial charge in [-0.05, 0) is 37.0 Å². The zero-order chi connectivity index (χ0) is 13.7. The largest absolute Gasteiger partial charge is 0.381 e. The Labute approximate surface area is 113 Å². The van der Waals surface area contributed by atoms with Crippen molar-refractivity contribution in [2.75, 3.05) is 13.2 Å². The van der Waals surface area contributed by atoms with E-state index in [0.717, 1.165) is 24.0 Å². The van der Waals surface area contributed by atoms with Crippen molar-refractivity contribution in [3.63, 3.8) is 0 Å². The first-order chi connectivity index (χ1) is 9.20. The SMILES string of the molecule is Cc1cc(CC#N)ccc1C(=O)NC1CCOCC1.